The number of ether oxygens (including phenoxy) is 3. The van der Waals surface area contributed by atoms with E-state index < -0.39 is 24.0 Å². The number of carbonyl (C=O) groups excluding carboxylic acids is 3. The molecule has 3 amide bonds. The van der Waals surface area contributed by atoms with Crippen molar-refractivity contribution < 1.29 is 28.6 Å². The van der Waals surface area contributed by atoms with E-state index in [4.69, 9.17) is 14.2 Å². The maximum Gasteiger partial charge on any atom is 0.339 e. The van der Waals surface area contributed by atoms with Crippen molar-refractivity contribution in [3.8, 4) is 22.8 Å². The summed E-state index contributed by atoms with van der Waals surface area (Å²) in [5.74, 6) is -0.361. The predicted octanol–water partition coefficient (Wildman–Crippen LogP) is 3.31. The molecule has 33 heavy (non-hydrogen) atoms. The number of nitrogens with zero attached hydrogens (tertiary/aromatic N) is 1. The highest BCUT2D eigenvalue weighted by atomic mass is 16.5. The molecule has 0 fully saturated rings. The predicted molar refractivity (Wildman–Crippen MR) is 122 cm³/mol. The summed E-state index contributed by atoms with van der Waals surface area (Å²) in [7, 11) is 3.08. The molecule has 0 bridgehead atoms. The third-order valence-corrected chi connectivity index (χ3v) is 4.84. The van der Waals surface area contributed by atoms with Gasteiger partial charge in [0.1, 0.15) is 0 Å². The van der Waals surface area contributed by atoms with Crippen LogP contribution in [0.1, 0.15) is 24.2 Å². The van der Waals surface area contributed by atoms with Crippen LogP contribution in [-0.4, -0.2) is 49.8 Å². The number of hydrogen-bond acceptors (Lipinski definition) is 7. The Morgan fingerprint density at radius 1 is 1.00 bits per heavy atom. The van der Waals surface area contributed by atoms with Crippen LogP contribution < -0.4 is 20.1 Å². The van der Waals surface area contributed by atoms with Crippen molar-refractivity contribution in [2.24, 2.45) is 0 Å². The van der Waals surface area contributed by atoms with Crippen LogP contribution in [0, 0.1) is 0 Å². The maximum absolute atomic E-state index is 13.0. The zero-order valence-corrected chi connectivity index (χ0v) is 18.8. The van der Waals surface area contributed by atoms with Crippen LogP contribution in [-0.2, 0) is 9.53 Å². The molecule has 172 valence electrons. The molecule has 3 aromatic rings. The van der Waals surface area contributed by atoms with E-state index in [-0.39, 0.29) is 5.56 Å². The number of pyridine rings is 1. The van der Waals surface area contributed by atoms with Gasteiger partial charge in [-0.2, -0.15) is 0 Å². The summed E-state index contributed by atoms with van der Waals surface area (Å²) in [6.07, 6.45) is -1.18. The molecular formula is C24H25N3O6. The number of amides is 3. The molecule has 1 aromatic heterocycles. The molecule has 1 atom stereocenters. The molecule has 2 N–H and O–H groups in total. The lowest BCUT2D eigenvalue weighted by atomic mass is 10.0. The van der Waals surface area contributed by atoms with Gasteiger partial charge >= 0.3 is 12.0 Å². The summed E-state index contributed by atoms with van der Waals surface area (Å²) in [6.45, 7) is 3.47. The molecular weight excluding hydrogens is 426 g/mol. The molecule has 0 saturated heterocycles. The lowest BCUT2D eigenvalue weighted by molar-refractivity contribution is -0.127. The van der Waals surface area contributed by atoms with Crippen molar-refractivity contribution in [2.75, 3.05) is 20.8 Å². The molecule has 0 aliphatic carbocycles. The molecule has 0 spiro atoms. The van der Waals surface area contributed by atoms with Crippen molar-refractivity contribution in [1.82, 2.24) is 15.6 Å². The average molecular weight is 451 g/mol. The molecule has 0 radical (unpaired) electrons. The van der Waals surface area contributed by atoms with E-state index in [1.807, 2.05) is 6.07 Å². The number of methoxy groups -OCH3 is 2. The van der Waals surface area contributed by atoms with E-state index >= 15 is 0 Å². The number of rotatable bonds is 7. The van der Waals surface area contributed by atoms with Crippen molar-refractivity contribution >= 4 is 28.8 Å². The fourth-order valence-electron chi connectivity index (χ4n) is 3.18. The number of benzene rings is 2. The number of imide groups is 1. The van der Waals surface area contributed by atoms with Gasteiger partial charge in [0.2, 0.25) is 0 Å². The van der Waals surface area contributed by atoms with Crippen molar-refractivity contribution in [2.45, 2.75) is 20.0 Å². The van der Waals surface area contributed by atoms with Gasteiger partial charge in [-0.3, -0.25) is 10.1 Å². The van der Waals surface area contributed by atoms with Gasteiger partial charge in [0, 0.05) is 17.5 Å². The van der Waals surface area contributed by atoms with Crippen LogP contribution in [0.2, 0.25) is 0 Å². The Kier molecular flexibility index (Phi) is 7.45. The van der Waals surface area contributed by atoms with Crippen LogP contribution >= 0.6 is 0 Å². The number of carbonyl (C=O) groups is 3. The summed E-state index contributed by atoms with van der Waals surface area (Å²) < 4.78 is 16.0. The van der Waals surface area contributed by atoms with E-state index in [0.29, 0.717) is 40.2 Å². The molecule has 3 rings (SSSR count). The van der Waals surface area contributed by atoms with Crippen molar-refractivity contribution in [3.63, 3.8) is 0 Å². The average Bonchev–Trinajstić information content (AvgIpc) is 2.82. The number of hydrogen-bond donors (Lipinski definition) is 2. The Morgan fingerprint density at radius 3 is 2.42 bits per heavy atom. The largest absolute Gasteiger partial charge is 0.493 e. The number of nitrogens with one attached hydrogen (secondary N) is 2. The first-order valence-corrected chi connectivity index (χ1v) is 10.3. The Hall–Kier alpha value is -4.14. The number of fused-ring (bicyclic) bond motifs is 1. The van der Waals surface area contributed by atoms with E-state index in [0.717, 1.165) is 0 Å². The van der Waals surface area contributed by atoms with Crippen LogP contribution in [0.4, 0.5) is 4.79 Å². The molecule has 1 unspecified atom stereocenters. The number of esters is 1. The summed E-state index contributed by atoms with van der Waals surface area (Å²) >= 11 is 0. The fourth-order valence-corrected chi connectivity index (χ4v) is 3.18. The molecule has 1 heterocycles. The summed E-state index contributed by atoms with van der Waals surface area (Å²) in [5, 5.41) is 5.15. The van der Waals surface area contributed by atoms with Gasteiger partial charge < -0.3 is 19.5 Å². The second kappa shape index (κ2) is 10.4. The quantitative estimate of drug-likeness (QED) is 0.530. The molecule has 2 aromatic carbocycles. The van der Waals surface area contributed by atoms with Gasteiger partial charge in [-0.15, -0.1) is 0 Å². The van der Waals surface area contributed by atoms with Crippen LogP contribution in [0.15, 0.2) is 48.5 Å². The SMILES string of the molecule is CCNC(=O)NC(=O)C(C)OC(=O)c1cc(-c2ccc(OC)c(OC)c2)nc2ccccc12. The molecule has 9 nitrogen and oxygen atoms in total. The Balaban J connectivity index is 1.95. The lowest BCUT2D eigenvalue weighted by Crippen LogP contribution is -2.44. The van der Waals surface area contributed by atoms with E-state index in [1.54, 1.807) is 56.5 Å². The van der Waals surface area contributed by atoms with E-state index in [2.05, 4.69) is 15.6 Å². The minimum absolute atomic E-state index is 0.239. The van der Waals surface area contributed by atoms with E-state index in [1.165, 1.54) is 14.0 Å². The van der Waals surface area contributed by atoms with Crippen molar-refractivity contribution in [3.05, 3.63) is 54.1 Å². The zero-order chi connectivity index (χ0) is 24.0. The van der Waals surface area contributed by atoms with Gasteiger partial charge in [-0.05, 0) is 44.2 Å². The van der Waals surface area contributed by atoms with Crippen LogP contribution in [0.3, 0.4) is 0 Å². The molecule has 0 saturated carbocycles. The van der Waals surface area contributed by atoms with Gasteiger partial charge in [0.15, 0.2) is 17.6 Å². The zero-order valence-electron chi connectivity index (χ0n) is 18.8. The highest BCUT2D eigenvalue weighted by Crippen LogP contribution is 2.33. The minimum Gasteiger partial charge on any atom is -0.493 e. The summed E-state index contributed by atoms with van der Waals surface area (Å²) in [5.41, 5.74) is 2.04. The molecule has 0 aliphatic heterocycles. The Labute approximate surface area is 191 Å². The van der Waals surface area contributed by atoms with Gasteiger partial charge in [-0.1, -0.05) is 18.2 Å². The van der Waals surface area contributed by atoms with Crippen molar-refractivity contribution in [1.29, 1.82) is 0 Å². The topological polar surface area (TPSA) is 116 Å². The monoisotopic (exact) mass is 451 g/mol. The summed E-state index contributed by atoms with van der Waals surface area (Å²) in [6, 6.07) is 13.4. The van der Waals surface area contributed by atoms with Gasteiger partial charge in [0.25, 0.3) is 5.91 Å². The lowest BCUT2D eigenvalue weighted by Gasteiger charge is -2.15. The normalized spacial score (nSPS) is 11.4. The second-order valence-electron chi connectivity index (χ2n) is 7.04. The Bertz CT molecular complexity index is 1190. The van der Waals surface area contributed by atoms with Crippen LogP contribution in [0.25, 0.3) is 22.2 Å². The first-order valence-electron chi connectivity index (χ1n) is 10.3. The third-order valence-electron chi connectivity index (χ3n) is 4.84. The standard InChI is InChI=1S/C24H25N3O6/c1-5-25-24(30)27-22(28)14(2)33-23(29)17-13-19(26-18-9-7-6-8-16(17)18)15-10-11-20(31-3)21(12-15)32-4/h6-14H,5H2,1-4H3,(H2,25,27,28,30). The fraction of sp³-hybridized carbons (Fsp3) is 0.250. The summed E-state index contributed by atoms with van der Waals surface area (Å²) in [4.78, 5) is 41.4. The Morgan fingerprint density at radius 2 is 1.73 bits per heavy atom. The first kappa shape index (κ1) is 23.5. The number of para-hydroxylation sites is 1. The van der Waals surface area contributed by atoms with Gasteiger partial charge in [0.05, 0.1) is 31.0 Å². The molecule has 0 aliphatic rings. The highest BCUT2D eigenvalue weighted by molar-refractivity contribution is 6.06. The highest BCUT2D eigenvalue weighted by Gasteiger charge is 2.23. The third kappa shape index (κ3) is 5.38. The molecule has 9 heteroatoms. The number of urea groups is 1. The minimum atomic E-state index is -1.18. The van der Waals surface area contributed by atoms with Crippen LogP contribution in [0.5, 0.6) is 11.5 Å². The first-order chi connectivity index (χ1) is 15.9. The smallest absolute Gasteiger partial charge is 0.339 e. The van der Waals surface area contributed by atoms with Gasteiger partial charge in [-0.25, -0.2) is 14.6 Å². The number of aromatic nitrogens is 1. The maximum atomic E-state index is 13.0. The van der Waals surface area contributed by atoms with E-state index in [9.17, 15) is 14.4 Å². The second-order valence-corrected chi connectivity index (χ2v) is 7.04.